The number of aryl methyl sites for hydroxylation is 3. The fraction of sp³-hybridized carbons (Fsp3) is 0.188. The Hall–Kier alpha value is -0.700. The number of rotatable bonds is 4. The van der Waals surface area contributed by atoms with E-state index in [1.54, 1.807) is 24.3 Å². The van der Waals surface area contributed by atoms with Gasteiger partial charge in [0.1, 0.15) is 5.75 Å². The molecule has 104 valence electrons. The minimum Gasteiger partial charge on any atom is -0.792 e. The van der Waals surface area contributed by atoms with Gasteiger partial charge >= 0.3 is 29.6 Å². The summed E-state index contributed by atoms with van der Waals surface area (Å²) in [5.41, 5.74) is 2.77. The third kappa shape index (κ3) is 4.64. The van der Waals surface area contributed by atoms with Crippen molar-refractivity contribution in [3.63, 3.8) is 0 Å². The van der Waals surface area contributed by atoms with Crippen LogP contribution in [0.5, 0.6) is 5.75 Å². The van der Waals surface area contributed by atoms with Crippen LogP contribution >= 0.6 is 8.38 Å². The predicted octanol–water partition coefficient (Wildman–Crippen LogP) is 0.507. The van der Waals surface area contributed by atoms with Gasteiger partial charge in [-0.05, 0) is 44.0 Å². The molecule has 3 nitrogen and oxygen atoms in total. The molecule has 0 amide bonds. The molecule has 2 rings (SSSR count). The molecule has 21 heavy (non-hydrogen) atoms. The van der Waals surface area contributed by atoms with Crippen LogP contribution in [0.15, 0.2) is 42.5 Å². The molecule has 0 aromatic heterocycles. The van der Waals surface area contributed by atoms with Crippen LogP contribution in [-0.2, 0) is 0 Å². The molecule has 1 atom stereocenters. The number of carbonyl (C=O) groups excluding carboxylic acids is 1. The van der Waals surface area contributed by atoms with Crippen molar-refractivity contribution in [1.29, 1.82) is 0 Å². The topological polar surface area (TPSA) is 49.4 Å². The third-order valence-corrected chi connectivity index (χ3v) is 3.92. The monoisotopic (exact) mass is 310 g/mol. The van der Waals surface area contributed by atoms with Gasteiger partial charge < -0.3 is 9.42 Å². The Balaban J connectivity index is 0.00000220. The van der Waals surface area contributed by atoms with E-state index in [4.69, 9.17) is 4.52 Å². The van der Waals surface area contributed by atoms with Crippen molar-refractivity contribution in [1.82, 2.24) is 0 Å². The van der Waals surface area contributed by atoms with E-state index in [0.717, 1.165) is 16.7 Å². The molecule has 5 heteroatoms. The van der Waals surface area contributed by atoms with Gasteiger partial charge in [0, 0.05) is 5.56 Å². The Morgan fingerprint density at radius 1 is 1.05 bits per heavy atom. The summed E-state index contributed by atoms with van der Waals surface area (Å²) in [4.78, 5) is 24.4. The van der Waals surface area contributed by atoms with Crippen molar-refractivity contribution in [2.24, 2.45) is 0 Å². The van der Waals surface area contributed by atoms with Gasteiger partial charge in [-0.1, -0.05) is 35.9 Å². The van der Waals surface area contributed by atoms with Crippen LogP contribution in [-0.4, -0.2) is 5.52 Å². The fourth-order valence-electron chi connectivity index (χ4n) is 2.23. The van der Waals surface area contributed by atoms with E-state index in [1.165, 1.54) is 0 Å². The van der Waals surface area contributed by atoms with Crippen LogP contribution in [0, 0.1) is 20.8 Å². The van der Waals surface area contributed by atoms with Crippen molar-refractivity contribution >= 4 is 13.9 Å². The minimum atomic E-state index is -2.43. The van der Waals surface area contributed by atoms with Crippen molar-refractivity contribution in [3.05, 3.63) is 64.7 Å². The molecule has 0 bridgehead atoms. The molecule has 0 saturated heterocycles. The first-order valence-electron chi connectivity index (χ1n) is 6.31. The number of hydrogen-bond acceptors (Lipinski definition) is 3. The van der Waals surface area contributed by atoms with Crippen molar-refractivity contribution < 1.29 is 43.8 Å². The van der Waals surface area contributed by atoms with Crippen molar-refractivity contribution in [3.8, 4) is 5.75 Å². The summed E-state index contributed by atoms with van der Waals surface area (Å²) in [5.74, 6) is 0.435. The smallest absolute Gasteiger partial charge is 0.792 e. The molecule has 0 radical (unpaired) electrons. The zero-order valence-corrected chi connectivity index (χ0v) is 15.6. The van der Waals surface area contributed by atoms with Crippen LogP contribution in [0.3, 0.4) is 0 Å². The zero-order chi connectivity index (χ0) is 14.7. The minimum absolute atomic E-state index is 0. The van der Waals surface area contributed by atoms with Crippen molar-refractivity contribution in [2.45, 2.75) is 20.8 Å². The van der Waals surface area contributed by atoms with Gasteiger partial charge in [-0.15, -0.1) is 0 Å². The Kier molecular flexibility index (Phi) is 7.05. The standard InChI is InChI=1S/C16H16O3P.Na/c1-11-9-12(2)15(13(3)10-11)16(17)20(18)19-14-7-5-4-6-8-14;/h4-10H,1-3H3;/q-1;+1. The summed E-state index contributed by atoms with van der Waals surface area (Å²) in [6.45, 7) is 5.66. The Morgan fingerprint density at radius 3 is 2.10 bits per heavy atom. The number of benzene rings is 2. The largest absolute Gasteiger partial charge is 1.00 e. The van der Waals surface area contributed by atoms with E-state index in [1.807, 2.05) is 39.0 Å². The number of carbonyl (C=O) groups is 1. The molecule has 0 aliphatic carbocycles. The summed E-state index contributed by atoms with van der Waals surface area (Å²) >= 11 is 0. The van der Waals surface area contributed by atoms with Crippen LogP contribution in [0.2, 0.25) is 0 Å². The van der Waals surface area contributed by atoms with Gasteiger partial charge in [-0.2, -0.15) is 0 Å². The van der Waals surface area contributed by atoms with Crippen LogP contribution < -0.4 is 39.0 Å². The van der Waals surface area contributed by atoms with E-state index >= 15 is 0 Å². The predicted molar refractivity (Wildman–Crippen MR) is 79.0 cm³/mol. The van der Waals surface area contributed by atoms with Gasteiger partial charge in [-0.3, -0.25) is 4.79 Å². The molecule has 0 aliphatic rings. The Morgan fingerprint density at radius 2 is 1.57 bits per heavy atom. The van der Waals surface area contributed by atoms with Gasteiger partial charge in [0.05, 0.1) is 8.38 Å². The number of hydrogen-bond donors (Lipinski definition) is 0. The summed E-state index contributed by atoms with van der Waals surface area (Å²) in [5, 5.41) is 0. The second-order valence-electron chi connectivity index (χ2n) is 4.74. The third-order valence-electron chi connectivity index (χ3n) is 2.99. The average Bonchev–Trinajstić information content (AvgIpc) is 2.38. The van der Waals surface area contributed by atoms with E-state index < -0.39 is 13.9 Å². The van der Waals surface area contributed by atoms with Crippen LogP contribution in [0.1, 0.15) is 27.0 Å². The van der Waals surface area contributed by atoms with Gasteiger partial charge in [-0.25, -0.2) is 0 Å². The number of para-hydroxylation sites is 1. The normalized spacial score (nSPS) is 11.4. The van der Waals surface area contributed by atoms with Gasteiger partial charge in [0.15, 0.2) is 0 Å². The summed E-state index contributed by atoms with van der Waals surface area (Å²) in [6.07, 6.45) is 0. The Labute approximate surface area is 148 Å². The SMILES string of the molecule is Cc1cc(C)c(C(=O)P([O-])Oc2ccccc2)c(C)c1.[Na+]. The maximum absolute atomic E-state index is 12.3. The Bertz CT molecular complexity index is 606. The van der Waals surface area contributed by atoms with Gasteiger partial charge in [0.25, 0.3) is 0 Å². The maximum atomic E-state index is 12.3. The van der Waals surface area contributed by atoms with Crippen LogP contribution in [0.4, 0.5) is 0 Å². The second kappa shape index (κ2) is 8.07. The summed E-state index contributed by atoms with van der Waals surface area (Å²) < 4.78 is 5.23. The van der Waals surface area contributed by atoms with E-state index in [-0.39, 0.29) is 29.6 Å². The van der Waals surface area contributed by atoms with E-state index in [9.17, 15) is 9.69 Å². The molecule has 0 spiro atoms. The fourth-order valence-corrected chi connectivity index (χ4v) is 3.16. The first-order valence-corrected chi connectivity index (χ1v) is 7.49. The van der Waals surface area contributed by atoms with Crippen molar-refractivity contribution in [2.75, 3.05) is 0 Å². The van der Waals surface area contributed by atoms with E-state index in [2.05, 4.69) is 0 Å². The second-order valence-corrected chi connectivity index (χ2v) is 5.84. The molecule has 0 saturated carbocycles. The molecule has 2 aromatic carbocycles. The van der Waals surface area contributed by atoms with Crippen LogP contribution in [0.25, 0.3) is 0 Å². The first-order chi connectivity index (χ1) is 9.49. The molecular formula is C16H16NaO3P. The molecule has 0 heterocycles. The van der Waals surface area contributed by atoms with E-state index in [0.29, 0.717) is 11.3 Å². The summed E-state index contributed by atoms with van der Waals surface area (Å²) in [6, 6.07) is 12.5. The average molecular weight is 310 g/mol. The van der Waals surface area contributed by atoms with Gasteiger partial charge in [0.2, 0.25) is 5.52 Å². The first kappa shape index (κ1) is 18.3. The maximum Gasteiger partial charge on any atom is 1.00 e. The zero-order valence-electron chi connectivity index (χ0n) is 12.7. The molecular weight excluding hydrogens is 294 g/mol. The quantitative estimate of drug-likeness (QED) is 0.611. The molecule has 0 fully saturated rings. The molecule has 0 N–H and O–H groups in total. The molecule has 2 aromatic rings. The molecule has 0 aliphatic heterocycles. The molecule has 1 unspecified atom stereocenters. The summed E-state index contributed by atoms with van der Waals surface area (Å²) in [7, 11) is -2.43.